The number of hydrogen-bond acceptors (Lipinski definition) is 4. The first-order valence-electron chi connectivity index (χ1n) is 5.72. The molecule has 5 nitrogen and oxygen atoms in total. The number of sulfonamides is 1. The summed E-state index contributed by atoms with van der Waals surface area (Å²) in [6, 6.07) is 1.55. The largest absolute Gasteiger partial charge is 0.462 e. The summed E-state index contributed by atoms with van der Waals surface area (Å²) in [5, 5.41) is 8.96. The number of furan rings is 1. The third kappa shape index (κ3) is 2.25. The molecule has 0 radical (unpaired) electrons. The SMILES string of the molecule is CCN(C1CC1)S(=O)(=O)c1cc(CO)oc1C. The van der Waals surface area contributed by atoms with E-state index in [0.29, 0.717) is 12.3 Å². The fourth-order valence-corrected chi connectivity index (χ4v) is 3.85. The van der Waals surface area contributed by atoms with Gasteiger partial charge in [-0.25, -0.2) is 8.42 Å². The highest BCUT2D eigenvalue weighted by Crippen LogP contribution is 2.33. The zero-order valence-electron chi connectivity index (χ0n) is 10.0. The molecule has 0 aromatic carbocycles. The van der Waals surface area contributed by atoms with Crippen LogP contribution < -0.4 is 0 Å². The standard InChI is InChI=1S/C11H17NO4S/c1-3-12(9-4-5-9)17(14,15)11-6-10(7-13)16-8(11)2/h6,9,13H,3-5,7H2,1-2H3. The van der Waals surface area contributed by atoms with Crippen molar-refractivity contribution >= 4 is 10.0 Å². The van der Waals surface area contributed by atoms with Crippen molar-refractivity contribution < 1.29 is 17.9 Å². The number of rotatable bonds is 5. The molecule has 0 amide bonds. The van der Waals surface area contributed by atoms with Gasteiger partial charge in [0.2, 0.25) is 10.0 Å². The lowest BCUT2D eigenvalue weighted by atomic mass is 10.4. The maximum absolute atomic E-state index is 12.4. The molecule has 96 valence electrons. The number of hydrogen-bond donors (Lipinski definition) is 1. The van der Waals surface area contributed by atoms with Crippen LogP contribution in [0.25, 0.3) is 0 Å². The van der Waals surface area contributed by atoms with Crippen LogP contribution in [0.3, 0.4) is 0 Å². The first-order chi connectivity index (χ1) is 8.00. The molecule has 1 N–H and O–H groups in total. The Kier molecular flexibility index (Phi) is 3.29. The summed E-state index contributed by atoms with van der Waals surface area (Å²) in [6.45, 7) is 3.61. The van der Waals surface area contributed by atoms with Gasteiger partial charge in [0.25, 0.3) is 0 Å². The van der Waals surface area contributed by atoms with E-state index in [1.165, 1.54) is 10.4 Å². The maximum atomic E-state index is 12.4. The first kappa shape index (κ1) is 12.6. The van der Waals surface area contributed by atoms with Crippen molar-refractivity contribution in [2.45, 2.75) is 44.2 Å². The molecule has 17 heavy (non-hydrogen) atoms. The van der Waals surface area contributed by atoms with Gasteiger partial charge >= 0.3 is 0 Å². The van der Waals surface area contributed by atoms with Crippen molar-refractivity contribution in [3.05, 3.63) is 17.6 Å². The molecular weight excluding hydrogens is 242 g/mol. The third-order valence-corrected chi connectivity index (χ3v) is 5.07. The Morgan fingerprint density at radius 3 is 2.59 bits per heavy atom. The average molecular weight is 259 g/mol. The Hall–Kier alpha value is -0.850. The van der Waals surface area contributed by atoms with Gasteiger partial charge in [0.1, 0.15) is 23.0 Å². The molecule has 1 aromatic rings. The molecule has 0 bridgehead atoms. The van der Waals surface area contributed by atoms with Gasteiger partial charge in [-0.1, -0.05) is 6.92 Å². The number of nitrogens with zero attached hydrogens (tertiary/aromatic N) is 1. The average Bonchev–Trinajstić information content (AvgIpc) is 3.01. The molecule has 1 aliphatic carbocycles. The van der Waals surface area contributed by atoms with Gasteiger partial charge in [0.15, 0.2) is 0 Å². The van der Waals surface area contributed by atoms with Crippen LogP contribution in [0.5, 0.6) is 0 Å². The minimum Gasteiger partial charge on any atom is -0.462 e. The van der Waals surface area contributed by atoms with Crippen LogP contribution in [-0.2, 0) is 16.6 Å². The van der Waals surface area contributed by atoms with E-state index in [4.69, 9.17) is 9.52 Å². The lowest BCUT2D eigenvalue weighted by molar-refractivity contribution is 0.244. The van der Waals surface area contributed by atoms with Gasteiger partial charge < -0.3 is 9.52 Å². The van der Waals surface area contributed by atoms with E-state index in [0.717, 1.165) is 12.8 Å². The summed E-state index contributed by atoms with van der Waals surface area (Å²) in [5.41, 5.74) is 0. The van der Waals surface area contributed by atoms with Gasteiger partial charge in [-0.05, 0) is 19.8 Å². The summed E-state index contributed by atoms with van der Waals surface area (Å²) in [6.07, 6.45) is 1.85. The van der Waals surface area contributed by atoms with E-state index in [9.17, 15) is 8.42 Å². The van der Waals surface area contributed by atoms with Crippen molar-refractivity contribution in [2.24, 2.45) is 0 Å². The highest BCUT2D eigenvalue weighted by molar-refractivity contribution is 7.89. The summed E-state index contributed by atoms with van der Waals surface area (Å²) in [4.78, 5) is 0.176. The summed E-state index contributed by atoms with van der Waals surface area (Å²) in [7, 11) is -3.48. The van der Waals surface area contributed by atoms with Crippen molar-refractivity contribution in [3.8, 4) is 0 Å². The van der Waals surface area contributed by atoms with Gasteiger partial charge in [0, 0.05) is 18.7 Å². The Bertz CT molecular complexity index is 502. The second-order valence-corrected chi connectivity index (χ2v) is 6.09. The first-order valence-corrected chi connectivity index (χ1v) is 7.16. The second kappa shape index (κ2) is 4.44. The lowest BCUT2D eigenvalue weighted by Gasteiger charge is -2.19. The molecule has 6 heteroatoms. The summed E-state index contributed by atoms with van der Waals surface area (Å²) in [5.74, 6) is 0.626. The predicted octanol–water partition coefficient (Wildman–Crippen LogP) is 1.25. The van der Waals surface area contributed by atoms with Gasteiger partial charge in [0.05, 0.1) is 0 Å². The molecule has 2 rings (SSSR count). The van der Waals surface area contributed by atoms with Crippen molar-refractivity contribution in [3.63, 3.8) is 0 Å². The zero-order valence-corrected chi connectivity index (χ0v) is 10.8. The van der Waals surface area contributed by atoms with Crippen molar-refractivity contribution in [1.82, 2.24) is 4.31 Å². The van der Waals surface area contributed by atoms with Crippen LogP contribution in [0, 0.1) is 6.92 Å². The predicted molar refractivity (Wildman–Crippen MR) is 62.0 cm³/mol. The Labute approximate surface area is 101 Å². The Morgan fingerprint density at radius 1 is 1.53 bits per heavy atom. The number of aliphatic hydroxyl groups is 1. The molecule has 1 aliphatic rings. The topological polar surface area (TPSA) is 70.8 Å². The quantitative estimate of drug-likeness (QED) is 0.864. The van der Waals surface area contributed by atoms with E-state index in [1.54, 1.807) is 6.92 Å². The maximum Gasteiger partial charge on any atom is 0.246 e. The van der Waals surface area contributed by atoms with Crippen molar-refractivity contribution in [2.75, 3.05) is 6.54 Å². The van der Waals surface area contributed by atoms with Crippen LogP contribution in [0.15, 0.2) is 15.4 Å². The summed E-state index contributed by atoms with van der Waals surface area (Å²) >= 11 is 0. The molecule has 0 unspecified atom stereocenters. The Morgan fingerprint density at radius 2 is 2.18 bits per heavy atom. The van der Waals surface area contributed by atoms with E-state index >= 15 is 0 Å². The summed E-state index contributed by atoms with van der Waals surface area (Å²) < 4.78 is 31.5. The zero-order chi connectivity index (χ0) is 12.6. The number of aryl methyl sites for hydroxylation is 1. The van der Waals surface area contributed by atoms with E-state index < -0.39 is 10.0 Å². The molecule has 1 saturated carbocycles. The van der Waals surface area contributed by atoms with Crippen LogP contribution in [0.1, 0.15) is 31.3 Å². The van der Waals surface area contributed by atoms with Crippen molar-refractivity contribution in [1.29, 1.82) is 0 Å². The molecule has 0 atom stereocenters. The minimum absolute atomic E-state index is 0.136. The monoisotopic (exact) mass is 259 g/mol. The smallest absolute Gasteiger partial charge is 0.246 e. The molecular formula is C11H17NO4S. The third-order valence-electron chi connectivity index (χ3n) is 2.93. The molecule has 1 aromatic heterocycles. The number of aliphatic hydroxyl groups excluding tert-OH is 1. The molecule has 1 fully saturated rings. The van der Waals surface area contributed by atoms with E-state index in [1.807, 2.05) is 6.92 Å². The fourth-order valence-electron chi connectivity index (χ4n) is 1.97. The van der Waals surface area contributed by atoms with Gasteiger partial charge in [-0.2, -0.15) is 4.31 Å². The molecule has 0 aliphatic heterocycles. The van der Waals surface area contributed by atoms with Crippen LogP contribution in [-0.4, -0.2) is 30.4 Å². The normalized spacial score (nSPS) is 16.7. The molecule has 0 spiro atoms. The molecule has 0 saturated heterocycles. The lowest BCUT2D eigenvalue weighted by Crippen LogP contribution is -2.33. The van der Waals surface area contributed by atoms with Crippen LogP contribution in [0.4, 0.5) is 0 Å². The highest BCUT2D eigenvalue weighted by Gasteiger charge is 2.38. The fraction of sp³-hybridized carbons (Fsp3) is 0.636. The minimum atomic E-state index is -3.48. The Balaban J connectivity index is 2.39. The molecule has 1 heterocycles. The van der Waals surface area contributed by atoms with Gasteiger partial charge in [-0.3, -0.25) is 0 Å². The van der Waals surface area contributed by atoms with Crippen LogP contribution >= 0.6 is 0 Å². The van der Waals surface area contributed by atoms with Gasteiger partial charge in [-0.15, -0.1) is 0 Å². The van der Waals surface area contributed by atoms with E-state index in [-0.39, 0.29) is 23.3 Å². The second-order valence-electron chi connectivity index (χ2n) is 4.23. The van der Waals surface area contributed by atoms with E-state index in [2.05, 4.69) is 0 Å². The van der Waals surface area contributed by atoms with Crippen LogP contribution in [0.2, 0.25) is 0 Å². The highest BCUT2D eigenvalue weighted by atomic mass is 32.2.